The van der Waals surface area contributed by atoms with Crippen LogP contribution in [0.5, 0.6) is 5.75 Å². The molecule has 1 aromatic carbocycles. The van der Waals surface area contributed by atoms with Crippen LogP contribution in [-0.4, -0.2) is 22.3 Å². The van der Waals surface area contributed by atoms with Gasteiger partial charge in [-0.25, -0.2) is 0 Å². The molecular weight excluding hydrogens is 397 g/mol. The number of benzene rings is 1. The minimum atomic E-state index is -4.57. The van der Waals surface area contributed by atoms with E-state index in [2.05, 4.69) is 15.2 Å². The molecule has 0 aliphatic heterocycles. The van der Waals surface area contributed by atoms with Crippen LogP contribution in [0.4, 0.5) is 27.6 Å². The van der Waals surface area contributed by atoms with Crippen LogP contribution in [0.15, 0.2) is 24.3 Å². The molecule has 1 aromatic heterocycles. The Morgan fingerprint density at radius 1 is 1.31 bits per heavy atom. The van der Waals surface area contributed by atoms with Gasteiger partial charge in [0.2, 0.25) is 5.91 Å². The van der Waals surface area contributed by atoms with E-state index < -0.39 is 30.3 Å². The van der Waals surface area contributed by atoms with Crippen LogP contribution in [0.2, 0.25) is 0 Å². The van der Waals surface area contributed by atoms with Crippen LogP contribution in [-0.2, 0) is 17.5 Å². The van der Waals surface area contributed by atoms with E-state index in [1.54, 1.807) is 13.0 Å². The SMILES string of the molecule is Cc1ccc(OC(F)F)c(NC(=O)C(C)Cn2nc(C(F)(F)F)cc2C2CC2)c1. The van der Waals surface area contributed by atoms with Crippen LogP contribution >= 0.6 is 0 Å². The average Bonchev–Trinajstić information content (AvgIpc) is 3.36. The van der Waals surface area contributed by atoms with Gasteiger partial charge in [0, 0.05) is 11.6 Å². The van der Waals surface area contributed by atoms with Crippen molar-refractivity contribution in [1.82, 2.24) is 9.78 Å². The maximum Gasteiger partial charge on any atom is 0.435 e. The van der Waals surface area contributed by atoms with Crippen molar-refractivity contribution >= 4 is 11.6 Å². The normalized spacial score (nSPS) is 15.4. The number of halogens is 5. The summed E-state index contributed by atoms with van der Waals surface area (Å²) in [5.41, 5.74) is 0.251. The van der Waals surface area contributed by atoms with Crippen molar-refractivity contribution in [2.75, 3.05) is 5.32 Å². The summed E-state index contributed by atoms with van der Waals surface area (Å²) < 4.78 is 69.8. The van der Waals surface area contributed by atoms with E-state index in [9.17, 15) is 26.7 Å². The summed E-state index contributed by atoms with van der Waals surface area (Å²) in [6.45, 7) is 0.127. The third-order valence-corrected chi connectivity index (χ3v) is 4.60. The van der Waals surface area contributed by atoms with Crippen LogP contribution in [0.1, 0.15) is 42.6 Å². The molecule has 0 saturated heterocycles. The van der Waals surface area contributed by atoms with Gasteiger partial charge >= 0.3 is 12.8 Å². The van der Waals surface area contributed by atoms with Crippen molar-refractivity contribution < 1.29 is 31.5 Å². The zero-order chi connectivity index (χ0) is 21.3. The highest BCUT2D eigenvalue weighted by molar-refractivity contribution is 5.93. The molecule has 3 rings (SSSR count). The molecule has 1 atom stereocenters. The number of nitrogens with one attached hydrogen (secondary N) is 1. The monoisotopic (exact) mass is 417 g/mol. The zero-order valence-corrected chi connectivity index (χ0v) is 15.8. The fraction of sp³-hybridized carbons (Fsp3) is 0.474. The lowest BCUT2D eigenvalue weighted by Gasteiger charge is -2.17. The number of ether oxygens (including phenoxy) is 1. The van der Waals surface area contributed by atoms with Crippen LogP contribution in [0, 0.1) is 12.8 Å². The van der Waals surface area contributed by atoms with E-state index in [4.69, 9.17) is 0 Å². The van der Waals surface area contributed by atoms with Gasteiger partial charge in [0.1, 0.15) is 5.75 Å². The fourth-order valence-corrected chi connectivity index (χ4v) is 2.96. The van der Waals surface area contributed by atoms with Gasteiger partial charge in [-0.3, -0.25) is 9.48 Å². The number of anilines is 1. The molecule has 1 fully saturated rings. The van der Waals surface area contributed by atoms with E-state index in [0.717, 1.165) is 18.9 Å². The highest BCUT2D eigenvalue weighted by Gasteiger charge is 2.38. The van der Waals surface area contributed by atoms with E-state index in [-0.39, 0.29) is 23.9 Å². The van der Waals surface area contributed by atoms with Crippen molar-refractivity contribution in [1.29, 1.82) is 0 Å². The van der Waals surface area contributed by atoms with E-state index in [1.807, 2.05) is 0 Å². The molecule has 2 aromatic rings. The van der Waals surface area contributed by atoms with Gasteiger partial charge in [-0.1, -0.05) is 13.0 Å². The Hall–Kier alpha value is -2.65. The fourth-order valence-electron chi connectivity index (χ4n) is 2.96. The number of hydrogen-bond donors (Lipinski definition) is 1. The third kappa shape index (κ3) is 5.24. The molecule has 5 nitrogen and oxygen atoms in total. The molecule has 158 valence electrons. The number of rotatable bonds is 7. The first-order valence-corrected chi connectivity index (χ1v) is 9.06. The second kappa shape index (κ2) is 8.00. The van der Waals surface area contributed by atoms with Crippen molar-refractivity contribution in [2.24, 2.45) is 5.92 Å². The van der Waals surface area contributed by atoms with Crippen molar-refractivity contribution in [3.8, 4) is 5.75 Å². The van der Waals surface area contributed by atoms with Gasteiger partial charge in [0.15, 0.2) is 5.69 Å². The summed E-state index contributed by atoms with van der Waals surface area (Å²) in [7, 11) is 0. The molecule has 0 radical (unpaired) electrons. The quantitative estimate of drug-likeness (QED) is 0.648. The molecule has 1 unspecified atom stereocenters. The van der Waals surface area contributed by atoms with Crippen molar-refractivity contribution in [3.05, 3.63) is 41.2 Å². The summed E-state index contributed by atoms with van der Waals surface area (Å²) in [6.07, 6.45) is -3.01. The maximum absolute atomic E-state index is 13.0. The first kappa shape index (κ1) is 21.1. The molecular formula is C19H20F5N3O2. The number of aryl methyl sites for hydroxylation is 1. The molecule has 1 amide bonds. The summed E-state index contributed by atoms with van der Waals surface area (Å²) in [5.74, 6) is -1.48. The number of carbonyl (C=O) groups is 1. The molecule has 1 saturated carbocycles. The smallest absolute Gasteiger partial charge is 0.433 e. The number of alkyl halides is 5. The Morgan fingerprint density at radius 2 is 2.00 bits per heavy atom. The number of amides is 1. The van der Waals surface area contributed by atoms with E-state index in [1.165, 1.54) is 23.7 Å². The van der Waals surface area contributed by atoms with Crippen LogP contribution in [0.25, 0.3) is 0 Å². The highest BCUT2D eigenvalue weighted by Crippen LogP contribution is 2.42. The molecule has 10 heteroatoms. The van der Waals surface area contributed by atoms with Crippen LogP contribution < -0.4 is 10.1 Å². The molecule has 0 spiro atoms. The largest absolute Gasteiger partial charge is 0.435 e. The lowest BCUT2D eigenvalue weighted by molar-refractivity contribution is -0.141. The molecule has 1 heterocycles. The standard InChI is InChI=1S/C19H20F5N3O2/c1-10-3-6-15(29-18(20)21)13(7-10)25-17(28)11(2)9-27-14(12-4-5-12)8-16(26-27)19(22,23)24/h3,6-8,11-12,18H,4-5,9H2,1-2H3,(H,25,28). The Balaban J connectivity index is 1.75. The maximum atomic E-state index is 13.0. The lowest BCUT2D eigenvalue weighted by atomic mass is 10.1. The Labute approximate surface area is 163 Å². The highest BCUT2D eigenvalue weighted by atomic mass is 19.4. The van der Waals surface area contributed by atoms with Gasteiger partial charge < -0.3 is 10.1 Å². The number of carbonyl (C=O) groups excluding carboxylic acids is 1. The summed E-state index contributed by atoms with van der Waals surface area (Å²) in [5, 5.41) is 6.15. The van der Waals surface area contributed by atoms with Crippen molar-refractivity contribution in [3.63, 3.8) is 0 Å². The molecule has 29 heavy (non-hydrogen) atoms. The second-order valence-electron chi connectivity index (χ2n) is 7.18. The van der Waals surface area contributed by atoms with E-state index >= 15 is 0 Å². The topological polar surface area (TPSA) is 56.1 Å². The summed E-state index contributed by atoms with van der Waals surface area (Å²) in [6, 6.07) is 5.38. The number of hydrogen-bond acceptors (Lipinski definition) is 3. The van der Waals surface area contributed by atoms with Gasteiger partial charge in [0.05, 0.1) is 18.2 Å². The Kier molecular flexibility index (Phi) is 5.81. The number of nitrogens with zero attached hydrogens (tertiary/aromatic N) is 2. The molecule has 1 N–H and O–H groups in total. The minimum Gasteiger partial charge on any atom is -0.433 e. The number of aromatic nitrogens is 2. The second-order valence-corrected chi connectivity index (χ2v) is 7.18. The Bertz CT molecular complexity index is 890. The van der Waals surface area contributed by atoms with Gasteiger partial charge in [0.25, 0.3) is 0 Å². The van der Waals surface area contributed by atoms with E-state index in [0.29, 0.717) is 11.3 Å². The summed E-state index contributed by atoms with van der Waals surface area (Å²) in [4.78, 5) is 12.5. The van der Waals surface area contributed by atoms with Gasteiger partial charge in [-0.05, 0) is 43.5 Å². The molecule has 1 aliphatic carbocycles. The zero-order valence-electron chi connectivity index (χ0n) is 15.8. The summed E-state index contributed by atoms with van der Waals surface area (Å²) >= 11 is 0. The lowest BCUT2D eigenvalue weighted by Crippen LogP contribution is -2.26. The average molecular weight is 417 g/mol. The molecule has 1 aliphatic rings. The van der Waals surface area contributed by atoms with Gasteiger partial charge in [-0.2, -0.15) is 27.1 Å². The predicted octanol–water partition coefficient (Wildman–Crippen LogP) is 4.96. The minimum absolute atomic E-state index is 0.0108. The molecule has 0 bridgehead atoms. The Morgan fingerprint density at radius 3 is 2.59 bits per heavy atom. The van der Waals surface area contributed by atoms with Crippen LogP contribution in [0.3, 0.4) is 0 Å². The van der Waals surface area contributed by atoms with Gasteiger partial charge in [-0.15, -0.1) is 0 Å². The predicted molar refractivity (Wildman–Crippen MR) is 94.8 cm³/mol. The first-order valence-electron chi connectivity index (χ1n) is 9.06. The third-order valence-electron chi connectivity index (χ3n) is 4.60. The van der Waals surface area contributed by atoms with Crippen molar-refractivity contribution in [2.45, 2.75) is 51.9 Å². The first-order chi connectivity index (χ1) is 13.5.